The Hall–Kier alpha value is -3.06. The number of morpholine rings is 1. The number of amides is 1. The number of halogens is 2. The van der Waals surface area contributed by atoms with Gasteiger partial charge in [-0.3, -0.25) is 4.79 Å². The van der Waals surface area contributed by atoms with E-state index in [2.05, 4.69) is 20.8 Å². The summed E-state index contributed by atoms with van der Waals surface area (Å²) in [5.74, 6) is 0.000498. The van der Waals surface area contributed by atoms with Crippen LogP contribution in [0, 0.1) is 17.0 Å². The van der Waals surface area contributed by atoms with Crippen LogP contribution in [0.5, 0.6) is 0 Å². The molecule has 2 fully saturated rings. The number of carbonyl (C=O) groups is 1. The summed E-state index contributed by atoms with van der Waals surface area (Å²) >= 11 is 0. The molecule has 0 radical (unpaired) electrons. The van der Waals surface area contributed by atoms with Crippen LogP contribution < -0.4 is 0 Å². The SMILES string of the molecule is CC(C)(C)[C@H](c1nc(-c2cccc(F)c2)cn1Cc1cccc(F)c1)N1CC2(CCCC2)OCC1=O. The average Bonchev–Trinajstić information content (AvgIpc) is 3.43. The number of hydrogen-bond donors (Lipinski definition) is 0. The Morgan fingerprint density at radius 2 is 1.75 bits per heavy atom. The topological polar surface area (TPSA) is 47.4 Å². The van der Waals surface area contributed by atoms with Gasteiger partial charge in [-0.15, -0.1) is 0 Å². The van der Waals surface area contributed by atoms with Crippen molar-refractivity contribution in [1.82, 2.24) is 14.5 Å². The summed E-state index contributed by atoms with van der Waals surface area (Å²) in [6.07, 6.45) is 5.96. The van der Waals surface area contributed by atoms with E-state index in [-0.39, 0.29) is 41.2 Å². The molecule has 1 amide bonds. The Labute approximate surface area is 211 Å². The molecule has 0 bridgehead atoms. The molecule has 1 saturated carbocycles. The van der Waals surface area contributed by atoms with Gasteiger partial charge in [-0.05, 0) is 48.1 Å². The molecule has 3 aromatic rings. The van der Waals surface area contributed by atoms with Gasteiger partial charge in [-0.25, -0.2) is 13.8 Å². The first-order valence-electron chi connectivity index (χ1n) is 12.6. The highest BCUT2D eigenvalue weighted by atomic mass is 19.1. The fraction of sp³-hybridized carbons (Fsp3) is 0.448. The number of imidazole rings is 1. The maximum atomic E-state index is 14.1. The highest BCUT2D eigenvalue weighted by Gasteiger charge is 2.47. The van der Waals surface area contributed by atoms with Crippen LogP contribution in [0.1, 0.15) is 63.9 Å². The zero-order valence-electron chi connectivity index (χ0n) is 21.1. The van der Waals surface area contributed by atoms with E-state index in [1.165, 1.54) is 24.3 Å². The lowest BCUT2D eigenvalue weighted by atomic mass is 9.83. The molecule has 5 rings (SSSR count). The van der Waals surface area contributed by atoms with Gasteiger partial charge in [-0.2, -0.15) is 0 Å². The van der Waals surface area contributed by atoms with Crippen LogP contribution in [0.25, 0.3) is 11.3 Å². The number of hydrogen-bond acceptors (Lipinski definition) is 3. The quantitative estimate of drug-likeness (QED) is 0.429. The molecule has 2 aliphatic rings. The van der Waals surface area contributed by atoms with Gasteiger partial charge in [0.25, 0.3) is 0 Å². The molecule has 1 aliphatic heterocycles. The molecule has 1 saturated heterocycles. The van der Waals surface area contributed by atoms with E-state index >= 15 is 0 Å². The van der Waals surface area contributed by atoms with E-state index in [1.54, 1.807) is 12.1 Å². The van der Waals surface area contributed by atoms with Crippen LogP contribution in [0.4, 0.5) is 8.78 Å². The molecule has 5 nitrogen and oxygen atoms in total. The largest absolute Gasteiger partial charge is 0.363 e. The lowest BCUT2D eigenvalue weighted by Gasteiger charge is -2.47. The van der Waals surface area contributed by atoms with E-state index < -0.39 is 0 Å². The molecule has 7 heteroatoms. The Balaban J connectivity index is 1.62. The number of ether oxygens (including phenoxy) is 1. The van der Waals surface area contributed by atoms with Crippen molar-refractivity contribution in [3.63, 3.8) is 0 Å². The molecular weight excluding hydrogens is 460 g/mol. The minimum Gasteiger partial charge on any atom is -0.363 e. The van der Waals surface area contributed by atoms with E-state index in [0.29, 0.717) is 30.2 Å². The van der Waals surface area contributed by atoms with Crippen molar-refractivity contribution < 1.29 is 18.3 Å². The van der Waals surface area contributed by atoms with Crippen LogP contribution in [0.3, 0.4) is 0 Å². The summed E-state index contributed by atoms with van der Waals surface area (Å²) in [6.45, 7) is 7.27. The highest BCUT2D eigenvalue weighted by molar-refractivity contribution is 5.79. The number of nitrogens with zero attached hydrogens (tertiary/aromatic N) is 3. The van der Waals surface area contributed by atoms with Crippen molar-refractivity contribution in [1.29, 1.82) is 0 Å². The predicted molar refractivity (Wildman–Crippen MR) is 134 cm³/mol. The van der Waals surface area contributed by atoms with Gasteiger partial charge in [0.2, 0.25) is 5.91 Å². The Morgan fingerprint density at radius 1 is 1.06 bits per heavy atom. The second-order valence-corrected chi connectivity index (χ2v) is 11.2. The maximum absolute atomic E-state index is 14.1. The van der Waals surface area contributed by atoms with Gasteiger partial charge in [0, 0.05) is 18.3 Å². The summed E-state index contributed by atoms with van der Waals surface area (Å²) in [5.41, 5.74) is 1.40. The van der Waals surface area contributed by atoms with Crippen LogP contribution in [0.15, 0.2) is 54.7 Å². The standard InChI is InChI=1S/C29H33F2N3O2/c1-28(2,3)26(34-19-29(12-4-5-13-29)36-18-25(34)35)27-32-24(21-9-7-11-23(31)15-21)17-33(27)16-20-8-6-10-22(30)14-20/h6-11,14-15,17,26H,4-5,12-13,16,18-19H2,1-3H3/t26-/m0/s1. The third kappa shape index (κ3) is 4.94. The lowest BCUT2D eigenvalue weighted by Crippen LogP contribution is -2.56. The number of benzene rings is 2. The molecule has 1 aromatic heterocycles. The number of aromatic nitrogens is 2. The molecular formula is C29H33F2N3O2. The van der Waals surface area contributed by atoms with E-state index in [4.69, 9.17) is 9.72 Å². The maximum Gasteiger partial charge on any atom is 0.249 e. The summed E-state index contributed by atoms with van der Waals surface area (Å²) in [5, 5.41) is 0. The van der Waals surface area contributed by atoms with E-state index in [0.717, 1.165) is 31.2 Å². The van der Waals surface area contributed by atoms with Gasteiger partial charge >= 0.3 is 0 Å². The minimum absolute atomic E-state index is 0.0555. The van der Waals surface area contributed by atoms with Crippen molar-refractivity contribution in [2.75, 3.05) is 13.2 Å². The third-order valence-electron chi connectivity index (χ3n) is 7.34. The van der Waals surface area contributed by atoms with E-state index in [1.807, 2.05) is 27.8 Å². The highest BCUT2D eigenvalue weighted by Crippen LogP contribution is 2.44. The molecule has 0 unspecified atom stereocenters. The van der Waals surface area contributed by atoms with Crippen LogP contribution in [-0.4, -0.2) is 39.1 Å². The molecule has 1 spiro atoms. The summed E-state index contributed by atoms with van der Waals surface area (Å²) in [6, 6.07) is 12.5. The molecule has 36 heavy (non-hydrogen) atoms. The van der Waals surface area contributed by atoms with Gasteiger partial charge in [-0.1, -0.05) is 57.9 Å². The number of rotatable bonds is 5. The van der Waals surface area contributed by atoms with Crippen molar-refractivity contribution in [3.05, 3.63) is 77.8 Å². The fourth-order valence-corrected chi connectivity index (χ4v) is 5.69. The summed E-state index contributed by atoms with van der Waals surface area (Å²) in [4.78, 5) is 20.2. The first kappa shape index (κ1) is 24.6. The third-order valence-corrected chi connectivity index (χ3v) is 7.34. The molecule has 0 N–H and O–H groups in total. The first-order chi connectivity index (χ1) is 17.1. The van der Waals surface area contributed by atoms with Gasteiger partial charge in [0.15, 0.2) is 0 Å². The normalized spacial score (nSPS) is 18.7. The zero-order valence-corrected chi connectivity index (χ0v) is 21.1. The minimum atomic E-state index is -0.350. The van der Waals surface area contributed by atoms with Crippen molar-refractivity contribution >= 4 is 5.91 Å². The number of carbonyl (C=O) groups excluding carboxylic acids is 1. The van der Waals surface area contributed by atoms with Crippen molar-refractivity contribution in [2.45, 2.75) is 64.6 Å². The van der Waals surface area contributed by atoms with Gasteiger partial charge in [0.1, 0.15) is 24.1 Å². The summed E-state index contributed by atoms with van der Waals surface area (Å²) < 4.78 is 36.2. The second kappa shape index (κ2) is 9.43. The Kier molecular flexibility index (Phi) is 6.45. The monoisotopic (exact) mass is 493 g/mol. The van der Waals surface area contributed by atoms with E-state index in [9.17, 15) is 13.6 Å². The Bertz CT molecular complexity index is 1260. The molecule has 190 valence electrons. The molecule has 2 heterocycles. The van der Waals surface area contributed by atoms with Crippen molar-refractivity contribution in [3.8, 4) is 11.3 Å². The molecule has 2 aromatic carbocycles. The average molecular weight is 494 g/mol. The van der Waals surface area contributed by atoms with Gasteiger partial charge in [0.05, 0.1) is 23.9 Å². The lowest BCUT2D eigenvalue weighted by molar-refractivity contribution is -0.171. The van der Waals surface area contributed by atoms with Gasteiger partial charge < -0.3 is 14.2 Å². The Morgan fingerprint density at radius 3 is 2.42 bits per heavy atom. The predicted octanol–water partition coefficient (Wildman–Crippen LogP) is 6.14. The smallest absolute Gasteiger partial charge is 0.249 e. The first-order valence-corrected chi connectivity index (χ1v) is 12.6. The van der Waals surface area contributed by atoms with Crippen molar-refractivity contribution in [2.24, 2.45) is 5.41 Å². The van der Waals surface area contributed by atoms with Crippen LogP contribution in [-0.2, 0) is 16.1 Å². The molecule has 1 atom stereocenters. The van der Waals surface area contributed by atoms with Crippen LogP contribution >= 0.6 is 0 Å². The molecule has 1 aliphatic carbocycles. The zero-order chi connectivity index (χ0) is 25.5. The fourth-order valence-electron chi connectivity index (χ4n) is 5.69. The summed E-state index contributed by atoms with van der Waals surface area (Å²) in [7, 11) is 0. The van der Waals surface area contributed by atoms with Crippen LogP contribution in [0.2, 0.25) is 0 Å². The second-order valence-electron chi connectivity index (χ2n) is 11.2.